The molecule has 0 bridgehead atoms. The number of halogens is 2. The number of hydrogen-bond donors (Lipinski definition) is 1. The minimum atomic E-state index is -1.04. The molecular weight excluding hydrogens is 368 g/mol. The van der Waals surface area contributed by atoms with Crippen molar-refractivity contribution < 1.29 is 28.2 Å². The summed E-state index contributed by atoms with van der Waals surface area (Å²) in [6, 6.07) is 8.26. The van der Waals surface area contributed by atoms with Crippen molar-refractivity contribution in [3.05, 3.63) is 53.6 Å². The molecule has 150 valence electrons. The summed E-state index contributed by atoms with van der Waals surface area (Å²) in [6.45, 7) is 0.938. The molecule has 0 unspecified atom stereocenters. The molecule has 28 heavy (non-hydrogen) atoms. The van der Waals surface area contributed by atoms with E-state index < -0.39 is 23.1 Å². The zero-order chi connectivity index (χ0) is 20.3. The summed E-state index contributed by atoms with van der Waals surface area (Å²) in [6.07, 6.45) is 0.839. The summed E-state index contributed by atoms with van der Waals surface area (Å²) < 4.78 is 39.0. The van der Waals surface area contributed by atoms with Crippen LogP contribution < -0.4 is 4.74 Å². The first-order valence-electron chi connectivity index (χ1n) is 9.02. The molecule has 1 amide bonds. The number of methoxy groups -OCH3 is 1. The topological polar surface area (TPSA) is 59.0 Å². The van der Waals surface area contributed by atoms with E-state index in [0.29, 0.717) is 37.4 Å². The number of carbonyl (C=O) groups is 1. The molecule has 2 aromatic carbocycles. The fourth-order valence-electron chi connectivity index (χ4n) is 3.34. The molecular formula is C21H23F2NO4. The number of aliphatic hydroxyl groups is 1. The van der Waals surface area contributed by atoms with Gasteiger partial charge in [-0.1, -0.05) is 6.07 Å². The van der Waals surface area contributed by atoms with Gasteiger partial charge in [-0.05, 0) is 29.8 Å². The van der Waals surface area contributed by atoms with Crippen molar-refractivity contribution in [2.24, 2.45) is 0 Å². The first-order chi connectivity index (χ1) is 13.3. The third-order valence-corrected chi connectivity index (χ3v) is 4.99. The Morgan fingerprint density at radius 1 is 1.18 bits per heavy atom. The highest BCUT2D eigenvalue weighted by molar-refractivity contribution is 5.95. The maximum atomic E-state index is 14.6. The fraction of sp³-hybridized carbons (Fsp3) is 0.381. The predicted octanol–water partition coefficient (Wildman–Crippen LogP) is 3.25. The Bertz CT molecular complexity index is 865. The lowest BCUT2D eigenvalue weighted by molar-refractivity contribution is -0.0734. The second-order valence-corrected chi connectivity index (χ2v) is 7.04. The standard InChI is InChI=1S/C21H23F2NO4/c1-24(13-21(26)7-9-28-10-8-21)20(25)17-5-3-14(11-18(17)22)16-6-4-15(27-2)12-19(16)23/h3-6,11-12,26H,7-10,13H2,1-2H3. The van der Waals surface area contributed by atoms with Crippen LogP contribution in [0, 0.1) is 11.6 Å². The number of nitrogens with zero attached hydrogens (tertiary/aromatic N) is 1. The largest absolute Gasteiger partial charge is 0.497 e. The van der Waals surface area contributed by atoms with Crippen LogP contribution in [0.3, 0.4) is 0 Å². The summed E-state index contributed by atoms with van der Waals surface area (Å²) in [5.74, 6) is -1.47. The van der Waals surface area contributed by atoms with Gasteiger partial charge in [0.2, 0.25) is 0 Å². The number of rotatable bonds is 5. The minimum Gasteiger partial charge on any atom is -0.497 e. The van der Waals surface area contributed by atoms with Gasteiger partial charge in [-0.2, -0.15) is 0 Å². The highest BCUT2D eigenvalue weighted by Gasteiger charge is 2.33. The number of benzene rings is 2. The maximum Gasteiger partial charge on any atom is 0.256 e. The van der Waals surface area contributed by atoms with Gasteiger partial charge in [-0.25, -0.2) is 8.78 Å². The van der Waals surface area contributed by atoms with Gasteiger partial charge in [0.15, 0.2) is 0 Å². The van der Waals surface area contributed by atoms with Crippen LogP contribution in [0.5, 0.6) is 5.75 Å². The molecule has 0 aromatic heterocycles. The number of ether oxygens (including phenoxy) is 2. The Kier molecular flexibility index (Phi) is 5.96. The van der Waals surface area contributed by atoms with E-state index >= 15 is 0 Å². The molecule has 1 fully saturated rings. The first kappa shape index (κ1) is 20.2. The molecule has 0 spiro atoms. The highest BCUT2D eigenvalue weighted by Crippen LogP contribution is 2.28. The summed E-state index contributed by atoms with van der Waals surface area (Å²) in [5.41, 5.74) is -0.634. The van der Waals surface area contributed by atoms with Crippen molar-refractivity contribution in [3.8, 4) is 16.9 Å². The Morgan fingerprint density at radius 2 is 1.89 bits per heavy atom. The summed E-state index contributed by atoms with van der Waals surface area (Å²) in [5, 5.41) is 10.6. The first-order valence-corrected chi connectivity index (χ1v) is 9.02. The molecule has 0 radical (unpaired) electrons. The number of carbonyl (C=O) groups excluding carboxylic acids is 1. The summed E-state index contributed by atoms with van der Waals surface area (Å²) >= 11 is 0. The molecule has 2 aromatic rings. The van der Waals surface area contributed by atoms with Crippen molar-refractivity contribution in [3.63, 3.8) is 0 Å². The molecule has 0 saturated carbocycles. The fourth-order valence-corrected chi connectivity index (χ4v) is 3.34. The molecule has 3 rings (SSSR count). The normalized spacial score (nSPS) is 15.9. The van der Waals surface area contributed by atoms with E-state index in [1.54, 1.807) is 6.07 Å². The quantitative estimate of drug-likeness (QED) is 0.850. The van der Waals surface area contributed by atoms with Gasteiger partial charge in [-0.15, -0.1) is 0 Å². The van der Waals surface area contributed by atoms with E-state index in [-0.39, 0.29) is 17.7 Å². The second-order valence-electron chi connectivity index (χ2n) is 7.04. The van der Waals surface area contributed by atoms with E-state index in [4.69, 9.17) is 9.47 Å². The Morgan fingerprint density at radius 3 is 2.50 bits per heavy atom. The molecule has 1 aliphatic rings. The van der Waals surface area contributed by atoms with Crippen LogP contribution in [0.2, 0.25) is 0 Å². The van der Waals surface area contributed by atoms with Crippen LogP contribution in [-0.4, -0.2) is 55.4 Å². The van der Waals surface area contributed by atoms with Crippen molar-refractivity contribution >= 4 is 5.91 Å². The van der Waals surface area contributed by atoms with E-state index in [1.165, 1.54) is 43.3 Å². The smallest absolute Gasteiger partial charge is 0.256 e. The molecule has 1 heterocycles. The van der Waals surface area contributed by atoms with E-state index in [1.807, 2.05) is 0 Å². The van der Waals surface area contributed by atoms with Crippen LogP contribution in [0.15, 0.2) is 36.4 Å². The van der Waals surface area contributed by atoms with Gasteiger partial charge in [0, 0.05) is 51.3 Å². The lowest BCUT2D eigenvalue weighted by Crippen LogP contribution is -2.47. The Balaban J connectivity index is 1.79. The molecule has 1 N–H and O–H groups in total. The molecule has 0 atom stereocenters. The van der Waals surface area contributed by atoms with E-state index in [9.17, 15) is 18.7 Å². The van der Waals surface area contributed by atoms with Crippen molar-refractivity contribution in [1.29, 1.82) is 0 Å². The zero-order valence-corrected chi connectivity index (χ0v) is 15.9. The molecule has 7 heteroatoms. The monoisotopic (exact) mass is 391 g/mol. The molecule has 0 aliphatic carbocycles. The lowest BCUT2D eigenvalue weighted by atomic mass is 9.93. The van der Waals surface area contributed by atoms with Gasteiger partial charge in [-0.3, -0.25) is 4.79 Å². The predicted molar refractivity (Wildman–Crippen MR) is 100 cm³/mol. The van der Waals surface area contributed by atoms with Gasteiger partial charge >= 0.3 is 0 Å². The lowest BCUT2D eigenvalue weighted by Gasteiger charge is -2.35. The zero-order valence-electron chi connectivity index (χ0n) is 15.9. The SMILES string of the molecule is COc1ccc(-c2ccc(C(=O)N(C)CC3(O)CCOCC3)c(F)c2)c(F)c1. The number of likely N-dealkylation sites (N-methyl/N-ethyl adjacent to an activating group) is 1. The minimum absolute atomic E-state index is 0.0868. The van der Waals surface area contributed by atoms with Crippen molar-refractivity contribution in [2.45, 2.75) is 18.4 Å². The van der Waals surface area contributed by atoms with Gasteiger partial charge < -0.3 is 19.5 Å². The Labute approximate surface area is 162 Å². The maximum absolute atomic E-state index is 14.6. The van der Waals surface area contributed by atoms with Crippen LogP contribution >= 0.6 is 0 Å². The Hall–Kier alpha value is -2.51. The molecule has 1 aliphatic heterocycles. The summed E-state index contributed by atoms with van der Waals surface area (Å²) in [7, 11) is 2.95. The van der Waals surface area contributed by atoms with E-state index in [2.05, 4.69) is 0 Å². The third kappa shape index (κ3) is 4.31. The second kappa shape index (κ2) is 8.24. The van der Waals surface area contributed by atoms with Gasteiger partial charge in [0.25, 0.3) is 5.91 Å². The highest BCUT2D eigenvalue weighted by atomic mass is 19.1. The molecule has 1 saturated heterocycles. The van der Waals surface area contributed by atoms with E-state index in [0.717, 1.165) is 6.07 Å². The van der Waals surface area contributed by atoms with Crippen LogP contribution in [0.1, 0.15) is 23.2 Å². The molecule has 5 nitrogen and oxygen atoms in total. The van der Waals surface area contributed by atoms with Crippen molar-refractivity contribution in [2.75, 3.05) is 33.9 Å². The van der Waals surface area contributed by atoms with Gasteiger partial charge in [0.05, 0.1) is 18.3 Å². The number of amides is 1. The third-order valence-electron chi connectivity index (χ3n) is 4.99. The van der Waals surface area contributed by atoms with Crippen LogP contribution in [0.4, 0.5) is 8.78 Å². The van der Waals surface area contributed by atoms with Crippen molar-refractivity contribution in [1.82, 2.24) is 4.90 Å². The summed E-state index contributed by atoms with van der Waals surface area (Å²) in [4.78, 5) is 13.9. The van der Waals surface area contributed by atoms with Gasteiger partial charge in [0.1, 0.15) is 17.4 Å². The van der Waals surface area contributed by atoms with Crippen LogP contribution in [-0.2, 0) is 4.74 Å². The van der Waals surface area contributed by atoms with Crippen LogP contribution in [0.25, 0.3) is 11.1 Å². The average Bonchev–Trinajstić information content (AvgIpc) is 2.67. The average molecular weight is 391 g/mol. The number of hydrogen-bond acceptors (Lipinski definition) is 4.